The van der Waals surface area contributed by atoms with E-state index in [-0.39, 0.29) is 19.1 Å². The van der Waals surface area contributed by atoms with Crippen molar-refractivity contribution in [3.05, 3.63) is 0 Å². The first-order chi connectivity index (χ1) is 9.86. The van der Waals surface area contributed by atoms with Gasteiger partial charge in [0.15, 0.2) is 6.04 Å². The third-order valence-corrected chi connectivity index (χ3v) is 5.09. The Balaban J connectivity index is 2.19. The summed E-state index contributed by atoms with van der Waals surface area (Å²) in [5, 5.41) is 0. The minimum atomic E-state index is -3.44. The predicted molar refractivity (Wildman–Crippen MR) is 72.9 cm³/mol. The second kappa shape index (κ2) is 6.29. The van der Waals surface area contributed by atoms with E-state index >= 15 is 0 Å². The zero-order valence-electron chi connectivity index (χ0n) is 12.1. The van der Waals surface area contributed by atoms with Gasteiger partial charge in [-0.05, 0) is 12.8 Å². The SMILES string of the molecule is COC(=O)C1COCCN1C(=O)C1CCCN1S(C)(=O)=O. The van der Waals surface area contributed by atoms with Crippen LogP contribution in [0, 0.1) is 0 Å². The number of carbonyl (C=O) groups is 2. The highest BCUT2D eigenvalue weighted by Crippen LogP contribution is 2.24. The van der Waals surface area contributed by atoms with Crippen molar-refractivity contribution in [3.8, 4) is 0 Å². The molecule has 0 aromatic rings. The highest BCUT2D eigenvalue weighted by molar-refractivity contribution is 7.88. The minimum Gasteiger partial charge on any atom is -0.467 e. The largest absolute Gasteiger partial charge is 0.467 e. The lowest BCUT2D eigenvalue weighted by atomic mass is 10.1. The Hall–Kier alpha value is -1.19. The van der Waals surface area contributed by atoms with Gasteiger partial charge in [0, 0.05) is 13.1 Å². The summed E-state index contributed by atoms with van der Waals surface area (Å²) in [6.07, 6.45) is 2.20. The smallest absolute Gasteiger partial charge is 0.331 e. The van der Waals surface area contributed by atoms with Gasteiger partial charge in [-0.15, -0.1) is 0 Å². The zero-order valence-corrected chi connectivity index (χ0v) is 13.0. The number of hydrogen-bond donors (Lipinski definition) is 0. The first-order valence-corrected chi connectivity index (χ1v) is 8.64. The molecular formula is C12H20N2O6S. The molecule has 120 valence electrons. The van der Waals surface area contributed by atoms with Gasteiger partial charge in [-0.25, -0.2) is 13.2 Å². The number of morpholine rings is 1. The van der Waals surface area contributed by atoms with Crippen LogP contribution in [0.3, 0.4) is 0 Å². The summed E-state index contributed by atoms with van der Waals surface area (Å²) in [5.74, 6) is -0.899. The highest BCUT2D eigenvalue weighted by Gasteiger charge is 2.42. The van der Waals surface area contributed by atoms with E-state index in [1.54, 1.807) is 0 Å². The number of carbonyl (C=O) groups excluding carboxylic acids is 2. The average Bonchev–Trinajstić information content (AvgIpc) is 2.95. The molecule has 2 heterocycles. The van der Waals surface area contributed by atoms with E-state index in [0.717, 1.165) is 6.26 Å². The summed E-state index contributed by atoms with van der Waals surface area (Å²) < 4.78 is 34.6. The Bertz CT molecular complexity index is 520. The molecule has 0 saturated carbocycles. The Morgan fingerprint density at radius 3 is 2.57 bits per heavy atom. The van der Waals surface area contributed by atoms with Gasteiger partial charge < -0.3 is 14.4 Å². The molecular weight excluding hydrogens is 300 g/mol. The van der Waals surface area contributed by atoms with Crippen LogP contribution in [-0.2, 0) is 29.1 Å². The zero-order chi connectivity index (χ0) is 15.6. The number of esters is 1. The highest BCUT2D eigenvalue weighted by atomic mass is 32.2. The maximum atomic E-state index is 12.6. The average molecular weight is 320 g/mol. The molecule has 0 aromatic carbocycles. The predicted octanol–water partition coefficient (Wildman–Crippen LogP) is -1.19. The molecule has 0 bridgehead atoms. The molecule has 2 saturated heterocycles. The first-order valence-electron chi connectivity index (χ1n) is 6.79. The van der Waals surface area contributed by atoms with E-state index in [1.165, 1.54) is 16.3 Å². The van der Waals surface area contributed by atoms with E-state index < -0.39 is 28.1 Å². The fourth-order valence-corrected chi connectivity index (χ4v) is 3.89. The molecule has 8 nitrogen and oxygen atoms in total. The van der Waals surface area contributed by atoms with Crippen LogP contribution >= 0.6 is 0 Å². The van der Waals surface area contributed by atoms with Crippen molar-refractivity contribution in [3.63, 3.8) is 0 Å². The Morgan fingerprint density at radius 1 is 1.24 bits per heavy atom. The minimum absolute atomic E-state index is 0.0734. The topological polar surface area (TPSA) is 93.2 Å². The van der Waals surface area contributed by atoms with Crippen LogP contribution in [0.2, 0.25) is 0 Å². The van der Waals surface area contributed by atoms with E-state index in [9.17, 15) is 18.0 Å². The van der Waals surface area contributed by atoms with Crippen molar-refractivity contribution < 1.29 is 27.5 Å². The van der Waals surface area contributed by atoms with Crippen molar-refractivity contribution in [2.45, 2.75) is 24.9 Å². The second-order valence-electron chi connectivity index (χ2n) is 5.18. The first kappa shape index (κ1) is 16.2. The van der Waals surface area contributed by atoms with Crippen molar-refractivity contribution in [2.24, 2.45) is 0 Å². The van der Waals surface area contributed by atoms with Gasteiger partial charge in [-0.1, -0.05) is 0 Å². The van der Waals surface area contributed by atoms with Gasteiger partial charge >= 0.3 is 5.97 Å². The molecule has 0 N–H and O–H groups in total. The molecule has 1 amide bonds. The summed E-state index contributed by atoms with van der Waals surface area (Å²) >= 11 is 0. The van der Waals surface area contributed by atoms with Crippen molar-refractivity contribution in [2.75, 3.05) is 39.7 Å². The number of ether oxygens (including phenoxy) is 2. The molecule has 2 atom stereocenters. The molecule has 9 heteroatoms. The van der Waals surface area contributed by atoms with Crippen LogP contribution in [-0.4, -0.2) is 81.3 Å². The van der Waals surface area contributed by atoms with Crippen LogP contribution in [0.25, 0.3) is 0 Å². The molecule has 0 aliphatic carbocycles. The monoisotopic (exact) mass is 320 g/mol. The molecule has 0 spiro atoms. The molecule has 2 rings (SSSR count). The fraction of sp³-hybridized carbons (Fsp3) is 0.833. The van der Waals surface area contributed by atoms with Crippen LogP contribution < -0.4 is 0 Å². The fourth-order valence-electron chi connectivity index (χ4n) is 2.77. The summed E-state index contributed by atoms with van der Waals surface area (Å²) in [4.78, 5) is 25.8. The summed E-state index contributed by atoms with van der Waals surface area (Å²) in [6, 6.07) is -1.54. The van der Waals surface area contributed by atoms with Crippen molar-refractivity contribution >= 4 is 21.9 Å². The number of hydrogen-bond acceptors (Lipinski definition) is 6. The molecule has 2 aliphatic heterocycles. The third-order valence-electron chi connectivity index (χ3n) is 3.80. The third kappa shape index (κ3) is 3.35. The molecule has 0 radical (unpaired) electrons. The van der Waals surface area contributed by atoms with Crippen molar-refractivity contribution in [1.29, 1.82) is 0 Å². The lowest BCUT2D eigenvalue weighted by molar-refractivity contribution is -0.162. The summed E-state index contributed by atoms with van der Waals surface area (Å²) in [5.41, 5.74) is 0. The molecule has 21 heavy (non-hydrogen) atoms. The Kier molecular flexibility index (Phi) is 4.84. The van der Waals surface area contributed by atoms with Crippen molar-refractivity contribution in [1.82, 2.24) is 9.21 Å². The van der Waals surface area contributed by atoms with Gasteiger partial charge in [0.05, 0.1) is 26.6 Å². The number of amides is 1. The van der Waals surface area contributed by atoms with E-state index in [0.29, 0.717) is 26.0 Å². The lowest BCUT2D eigenvalue weighted by Gasteiger charge is -2.36. The summed E-state index contributed by atoms with van der Waals surface area (Å²) in [7, 11) is -2.19. The van der Waals surface area contributed by atoms with Gasteiger partial charge in [0.2, 0.25) is 15.9 Å². The normalized spacial score (nSPS) is 27.6. The van der Waals surface area contributed by atoms with E-state index in [1.807, 2.05) is 0 Å². The van der Waals surface area contributed by atoms with Crippen LogP contribution in [0.5, 0.6) is 0 Å². The van der Waals surface area contributed by atoms with Gasteiger partial charge in [-0.3, -0.25) is 4.79 Å². The molecule has 2 fully saturated rings. The molecule has 2 aliphatic rings. The van der Waals surface area contributed by atoms with Gasteiger partial charge in [0.1, 0.15) is 6.04 Å². The molecule has 2 unspecified atom stereocenters. The van der Waals surface area contributed by atoms with E-state index in [4.69, 9.17) is 4.74 Å². The van der Waals surface area contributed by atoms with Crippen LogP contribution in [0.15, 0.2) is 0 Å². The van der Waals surface area contributed by atoms with Gasteiger partial charge in [0.25, 0.3) is 0 Å². The number of nitrogens with zero attached hydrogens (tertiary/aromatic N) is 2. The summed E-state index contributed by atoms with van der Waals surface area (Å²) in [6.45, 7) is 0.990. The van der Waals surface area contributed by atoms with Crippen LogP contribution in [0.4, 0.5) is 0 Å². The lowest BCUT2D eigenvalue weighted by Crippen LogP contribution is -2.57. The second-order valence-corrected chi connectivity index (χ2v) is 7.11. The maximum absolute atomic E-state index is 12.6. The maximum Gasteiger partial charge on any atom is 0.331 e. The Labute approximate surface area is 124 Å². The number of rotatable bonds is 3. The quantitative estimate of drug-likeness (QED) is 0.607. The van der Waals surface area contributed by atoms with E-state index in [2.05, 4.69) is 4.74 Å². The van der Waals surface area contributed by atoms with Gasteiger partial charge in [-0.2, -0.15) is 4.31 Å². The standard InChI is InChI=1S/C12H20N2O6S/c1-19-12(16)10-8-20-7-6-13(10)11(15)9-4-3-5-14(9)21(2,17)18/h9-10H,3-8H2,1-2H3. The number of sulfonamides is 1. The number of methoxy groups -OCH3 is 1. The van der Waals surface area contributed by atoms with Crippen LogP contribution in [0.1, 0.15) is 12.8 Å². The Morgan fingerprint density at radius 2 is 1.95 bits per heavy atom. The molecule has 0 aromatic heterocycles.